The predicted octanol–water partition coefficient (Wildman–Crippen LogP) is 1.69. The fraction of sp³-hybridized carbons (Fsp3) is 0.467. The highest BCUT2D eigenvalue weighted by Gasteiger charge is 2.15. The Morgan fingerprint density at radius 1 is 1.35 bits per heavy atom. The average molecular weight is 279 g/mol. The van der Waals surface area contributed by atoms with E-state index < -0.39 is 11.9 Å². The lowest BCUT2D eigenvalue weighted by molar-refractivity contribution is -0.141. The minimum Gasteiger partial charge on any atom is -0.496 e. The van der Waals surface area contributed by atoms with Crippen LogP contribution in [0.15, 0.2) is 12.1 Å². The number of hydrogen-bond acceptors (Lipinski definition) is 3. The number of rotatable bonds is 6. The van der Waals surface area contributed by atoms with Crippen LogP contribution in [0.1, 0.15) is 23.6 Å². The van der Waals surface area contributed by atoms with Crippen LogP contribution in [0.4, 0.5) is 0 Å². The van der Waals surface area contributed by atoms with Crippen LogP contribution in [0, 0.1) is 19.8 Å². The van der Waals surface area contributed by atoms with Crippen molar-refractivity contribution < 1.29 is 19.4 Å². The monoisotopic (exact) mass is 279 g/mol. The zero-order valence-corrected chi connectivity index (χ0v) is 12.3. The molecule has 0 radical (unpaired) electrons. The number of nitrogens with one attached hydrogen (secondary N) is 1. The number of hydrogen-bond donors (Lipinski definition) is 2. The summed E-state index contributed by atoms with van der Waals surface area (Å²) >= 11 is 0. The molecule has 0 heterocycles. The van der Waals surface area contributed by atoms with Crippen LogP contribution < -0.4 is 10.1 Å². The number of aryl methyl sites for hydroxylation is 2. The lowest BCUT2D eigenvalue weighted by atomic mass is 10.0. The number of carboxylic acids is 1. The number of aliphatic carboxylic acids is 1. The Labute approximate surface area is 118 Å². The minimum atomic E-state index is -0.922. The summed E-state index contributed by atoms with van der Waals surface area (Å²) in [5.74, 6) is -1.04. The summed E-state index contributed by atoms with van der Waals surface area (Å²) in [6.45, 7) is 5.58. The van der Waals surface area contributed by atoms with E-state index >= 15 is 0 Å². The molecule has 1 aromatic rings. The van der Waals surface area contributed by atoms with Crippen LogP contribution in [-0.2, 0) is 16.0 Å². The van der Waals surface area contributed by atoms with E-state index in [9.17, 15) is 9.59 Å². The van der Waals surface area contributed by atoms with E-state index in [1.165, 1.54) is 0 Å². The van der Waals surface area contributed by atoms with Gasteiger partial charge in [0, 0.05) is 12.1 Å². The molecule has 0 spiro atoms. The highest BCUT2D eigenvalue weighted by Crippen LogP contribution is 2.24. The van der Waals surface area contributed by atoms with Gasteiger partial charge in [-0.05, 0) is 31.0 Å². The van der Waals surface area contributed by atoms with E-state index in [-0.39, 0.29) is 18.9 Å². The number of amides is 1. The van der Waals surface area contributed by atoms with Gasteiger partial charge in [-0.2, -0.15) is 0 Å². The molecular weight excluding hydrogens is 258 g/mol. The van der Waals surface area contributed by atoms with Crippen molar-refractivity contribution in [3.05, 3.63) is 28.8 Å². The van der Waals surface area contributed by atoms with Gasteiger partial charge in [0.05, 0.1) is 19.4 Å². The molecule has 0 aliphatic carbocycles. The van der Waals surface area contributed by atoms with Crippen LogP contribution in [0.25, 0.3) is 0 Å². The zero-order chi connectivity index (χ0) is 15.3. The summed E-state index contributed by atoms with van der Waals surface area (Å²) < 4.78 is 5.30. The first kappa shape index (κ1) is 16.0. The van der Waals surface area contributed by atoms with Gasteiger partial charge in [0.1, 0.15) is 5.75 Å². The molecule has 0 saturated heterocycles. The van der Waals surface area contributed by atoms with Gasteiger partial charge in [-0.25, -0.2) is 0 Å². The van der Waals surface area contributed by atoms with E-state index in [1.807, 2.05) is 26.0 Å². The minimum absolute atomic E-state index is 0.126. The molecule has 0 bridgehead atoms. The van der Waals surface area contributed by atoms with Crippen molar-refractivity contribution in [3.8, 4) is 5.75 Å². The van der Waals surface area contributed by atoms with Gasteiger partial charge in [0.25, 0.3) is 0 Å². The first-order valence-electron chi connectivity index (χ1n) is 6.48. The van der Waals surface area contributed by atoms with Crippen molar-refractivity contribution in [2.24, 2.45) is 5.92 Å². The molecule has 1 atom stereocenters. The van der Waals surface area contributed by atoms with Gasteiger partial charge in [0.2, 0.25) is 5.91 Å². The molecule has 5 heteroatoms. The molecule has 1 unspecified atom stereocenters. The molecule has 110 valence electrons. The van der Waals surface area contributed by atoms with Gasteiger partial charge < -0.3 is 15.2 Å². The fourth-order valence-electron chi connectivity index (χ4n) is 1.94. The second-order valence-electron chi connectivity index (χ2n) is 4.98. The second kappa shape index (κ2) is 6.93. The smallest absolute Gasteiger partial charge is 0.308 e. The Kier molecular flexibility index (Phi) is 5.55. The third-order valence-corrected chi connectivity index (χ3v) is 3.16. The van der Waals surface area contributed by atoms with Crippen molar-refractivity contribution in [3.63, 3.8) is 0 Å². The number of carboxylic acid groups (broad SMARTS) is 1. The van der Waals surface area contributed by atoms with Crippen molar-refractivity contribution in [2.45, 2.75) is 27.2 Å². The molecule has 1 aromatic carbocycles. The molecule has 0 aromatic heterocycles. The molecule has 0 fully saturated rings. The highest BCUT2D eigenvalue weighted by atomic mass is 16.5. The summed E-state index contributed by atoms with van der Waals surface area (Å²) in [5, 5.41) is 11.4. The summed E-state index contributed by atoms with van der Waals surface area (Å²) in [6, 6.07) is 3.88. The first-order valence-corrected chi connectivity index (χ1v) is 6.48. The third-order valence-electron chi connectivity index (χ3n) is 3.16. The summed E-state index contributed by atoms with van der Waals surface area (Å²) in [7, 11) is 1.57. The third kappa shape index (κ3) is 4.26. The highest BCUT2D eigenvalue weighted by molar-refractivity contribution is 5.80. The second-order valence-corrected chi connectivity index (χ2v) is 4.98. The van der Waals surface area contributed by atoms with E-state index in [0.29, 0.717) is 5.75 Å². The Hall–Kier alpha value is -2.04. The number of carbonyl (C=O) groups excluding carboxylic acids is 1. The fourth-order valence-corrected chi connectivity index (χ4v) is 1.94. The van der Waals surface area contributed by atoms with E-state index in [2.05, 4.69) is 5.32 Å². The van der Waals surface area contributed by atoms with E-state index in [4.69, 9.17) is 9.84 Å². The number of carbonyl (C=O) groups is 2. The molecule has 2 N–H and O–H groups in total. The molecule has 20 heavy (non-hydrogen) atoms. The molecule has 1 rings (SSSR count). The van der Waals surface area contributed by atoms with Crippen LogP contribution in [0.3, 0.4) is 0 Å². The SMILES string of the molecule is COc1cc(C)cc(C)c1CC(=O)NCC(C)C(=O)O. The Balaban J connectivity index is 2.73. The lowest BCUT2D eigenvalue weighted by Gasteiger charge is -2.14. The van der Waals surface area contributed by atoms with Crippen molar-refractivity contribution in [1.29, 1.82) is 0 Å². The first-order chi connectivity index (χ1) is 9.35. The largest absolute Gasteiger partial charge is 0.496 e. The topological polar surface area (TPSA) is 75.6 Å². The lowest BCUT2D eigenvalue weighted by Crippen LogP contribution is -2.32. The van der Waals surface area contributed by atoms with Gasteiger partial charge in [-0.1, -0.05) is 13.0 Å². The number of methoxy groups -OCH3 is 1. The van der Waals surface area contributed by atoms with Crippen LogP contribution in [-0.4, -0.2) is 30.6 Å². The van der Waals surface area contributed by atoms with Crippen molar-refractivity contribution in [1.82, 2.24) is 5.32 Å². The summed E-state index contributed by atoms with van der Waals surface area (Å²) in [4.78, 5) is 22.6. The van der Waals surface area contributed by atoms with Gasteiger partial charge in [-0.15, -0.1) is 0 Å². The Morgan fingerprint density at radius 2 is 2.00 bits per heavy atom. The molecule has 1 amide bonds. The quantitative estimate of drug-likeness (QED) is 0.831. The summed E-state index contributed by atoms with van der Waals surface area (Å²) in [5.41, 5.74) is 2.89. The van der Waals surface area contributed by atoms with Crippen LogP contribution >= 0.6 is 0 Å². The molecule has 0 aliphatic heterocycles. The summed E-state index contributed by atoms with van der Waals surface area (Å²) in [6.07, 6.45) is 0.182. The molecule has 0 aliphatic rings. The molecule has 5 nitrogen and oxygen atoms in total. The van der Waals surface area contributed by atoms with E-state index in [0.717, 1.165) is 16.7 Å². The maximum atomic E-state index is 11.9. The van der Waals surface area contributed by atoms with Gasteiger partial charge >= 0.3 is 5.97 Å². The maximum Gasteiger partial charge on any atom is 0.308 e. The van der Waals surface area contributed by atoms with Crippen molar-refractivity contribution >= 4 is 11.9 Å². The zero-order valence-electron chi connectivity index (χ0n) is 12.3. The Morgan fingerprint density at radius 3 is 2.55 bits per heavy atom. The van der Waals surface area contributed by atoms with Crippen LogP contribution in [0.5, 0.6) is 5.75 Å². The Bertz CT molecular complexity index is 511. The van der Waals surface area contributed by atoms with Gasteiger partial charge in [0.15, 0.2) is 0 Å². The van der Waals surface area contributed by atoms with E-state index in [1.54, 1.807) is 14.0 Å². The number of benzene rings is 1. The van der Waals surface area contributed by atoms with Crippen molar-refractivity contribution in [2.75, 3.05) is 13.7 Å². The van der Waals surface area contributed by atoms with Crippen LogP contribution in [0.2, 0.25) is 0 Å². The van der Waals surface area contributed by atoms with Gasteiger partial charge in [-0.3, -0.25) is 9.59 Å². The molecular formula is C15H21NO4. The maximum absolute atomic E-state index is 11.9. The molecule has 0 saturated carbocycles. The number of ether oxygens (including phenoxy) is 1. The predicted molar refractivity (Wildman–Crippen MR) is 76.0 cm³/mol. The average Bonchev–Trinajstić information content (AvgIpc) is 2.38. The normalized spacial score (nSPS) is 11.8. The standard InChI is InChI=1S/C15H21NO4/c1-9-5-10(2)12(13(6-9)20-4)7-14(17)16-8-11(3)15(18)19/h5-6,11H,7-8H2,1-4H3,(H,16,17)(H,18,19).